The van der Waals surface area contributed by atoms with E-state index in [-0.39, 0.29) is 21.3 Å². The summed E-state index contributed by atoms with van der Waals surface area (Å²) in [4.78, 5) is 12.4. The van der Waals surface area contributed by atoms with Crippen molar-refractivity contribution < 1.29 is 14.3 Å². The molecular formula is C19H16Cl2N2O3. The molecule has 0 aliphatic rings. The lowest BCUT2D eigenvalue weighted by molar-refractivity contribution is -0.112. The number of halogens is 2. The molecule has 2 rings (SSSR count). The topological polar surface area (TPSA) is 71.3 Å². The fourth-order valence-electron chi connectivity index (χ4n) is 2.16. The molecule has 2 aromatic rings. The van der Waals surface area contributed by atoms with Gasteiger partial charge in [0.1, 0.15) is 11.6 Å². The summed E-state index contributed by atoms with van der Waals surface area (Å²) in [5, 5.41) is 12.5. The molecule has 0 bridgehead atoms. The van der Waals surface area contributed by atoms with Gasteiger partial charge >= 0.3 is 0 Å². The Morgan fingerprint density at radius 3 is 2.50 bits per heavy atom. The molecule has 0 radical (unpaired) electrons. The summed E-state index contributed by atoms with van der Waals surface area (Å²) in [7, 11) is 1.52. The monoisotopic (exact) mass is 390 g/mol. The number of nitriles is 1. The van der Waals surface area contributed by atoms with Crippen molar-refractivity contribution in [3.05, 3.63) is 57.6 Å². The minimum Gasteiger partial charge on any atom is -0.493 e. The Hall–Kier alpha value is -2.68. The number of ether oxygens (including phenoxy) is 2. The van der Waals surface area contributed by atoms with E-state index in [1.165, 1.54) is 13.2 Å². The summed E-state index contributed by atoms with van der Waals surface area (Å²) < 4.78 is 10.7. The van der Waals surface area contributed by atoms with Crippen molar-refractivity contribution in [1.82, 2.24) is 0 Å². The summed E-state index contributed by atoms with van der Waals surface area (Å²) in [6, 6.07) is 11.8. The Balaban J connectivity index is 2.30. The van der Waals surface area contributed by atoms with Crippen molar-refractivity contribution in [3.8, 4) is 17.6 Å². The first-order chi connectivity index (χ1) is 12.5. The van der Waals surface area contributed by atoms with Crippen LogP contribution >= 0.6 is 23.2 Å². The number of carbonyl (C=O) groups excluding carboxylic acids is 1. The van der Waals surface area contributed by atoms with E-state index in [4.69, 9.17) is 32.7 Å². The van der Waals surface area contributed by atoms with Gasteiger partial charge in [0.15, 0.2) is 11.5 Å². The molecule has 134 valence electrons. The molecule has 0 heterocycles. The summed E-state index contributed by atoms with van der Waals surface area (Å²) in [5.41, 5.74) is 0.765. The maximum atomic E-state index is 12.4. The highest BCUT2D eigenvalue weighted by atomic mass is 35.5. The molecule has 1 N–H and O–H groups in total. The molecule has 0 aliphatic carbocycles. The average molecular weight is 391 g/mol. The van der Waals surface area contributed by atoms with Crippen molar-refractivity contribution in [2.75, 3.05) is 19.0 Å². The van der Waals surface area contributed by atoms with E-state index in [9.17, 15) is 10.1 Å². The first-order valence-electron chi connectivity index (χ1n) is 7.68. The van der Waals surface area contributed by atoms with Crippen LogP contribution in [0.25, 0.3) is 6.08 Å². The van der Waals surface area contributed by atoms with Crippen LogP contribution in [-0.2, 0) is 4.79 Å². The van der Waals surface area contributed by atoms with E-state index in [1.807, 2.05) is 13.0 Å². The quantitative estimate of drug-likeness (QED) is 0.559. The molecule has 7 heteroatoms. The normalized spacial score (nSPS) is 10.8. The second-order valence-electron chi connectivity index (χ2n) is 5.06. The van der Waals surface area contributed by atoms with Crippen LogP contribution in [0.1, 0.15) is 12.5 Å². The Morgan fingerprint density at radius 1 is 1.23 bits per heavy atom. The van der Waals surface area contributed by atoms with Gasteiger partial charge in [-0.05, 0) is 42.8 Å². The van der Waals surface area contributed by atoms with Gasteiger partial charge < -0.3 is 14.8 Å². The molecule has 0 aromatic heterocycles. The van der Waals surface area contributed by atoms with Crippen molar-refractivity contribution in [3.63, 3.8) is 0 Å². The van der Waals surface area contributed by atoms with E-state index in [0.717, 1.165) is 0 Å². The molecule has 0 aliphatic heterocycles. The predicted molar refractivity (Wildman–Crippen MR) is 103 cm³/mol. The van der Waals surface area contributed by atoms with Gasteiger partial charge in [-0.2, -0.15) is 5.26 Å². The largest absolute Gasteiger partial charge is 0.493 e. The average Bonchev–Trinajstić information content (AvgIpc) is 2.63. The van der Waals surface area contributed by atoms with Crippen LogP contribution in [0.15, 0.2) is 42.0 Å². The number of methoxy groups -OCH3 is 1. The zero-order valence-corrected chi connectivity index (χ0v) is 15.7. The number of hydrogen-bond acceptors (Lipinski definition) is 4. The fourth-order valence-corrected chi connectivity index (χ4v) is 2.65. The van der Waals surface area contributed by atoms with E-state index in [2.05, 4.69) is 5.32 Å². The number of nitrogens with one attached hydrogen (secondary N) is 1. The third-order valence-corrected chi connectivity index (χ3v) is 3.99. The molecule has 0 fully saturated rings. The Bertz CT molecular complexity index is 869. The summed E-state index contributed by atoms with van der Waals surface area (Å²) >= 11 is 12.1. The van der Waals surface area contributed by atoms with Gasteiger partial charge in [0.2, 0.25) is 0 Å². The number of nitrogens with zero attached hydrogens (tertiary/aromatic N) is 1. The lowest BCUT2D eigenvalue weighted by atomic mass is 10.1. The number of amides is 1. The smallest absolute Gasteiger partial charge is 0.266 e. The molecule has 0 unspecified atom stereocenters. The second kappa shape index (κ2) is 9.14. The molecular weight excluding hydrogens is 375 g/mol. The third-order valence-electron chi connectivity index (χ3n) is 3.36. The molecule has 26 heavy (non-hydrogen) atoms. The molecule has 0 atom stereocenters. The highest BCUT2D eigenvalue weighted by Crippen LogP contribution is 2.31. The SMILES string of the molecule is CCOc1ccc(/C=C(\C#N)C(=O)Nc2c(Cl)cccc2Cl)cc1OC. The Kier molecular flexibility index (Phi) is 6.90. The van der Waals surface area contributed by atoms with Crippen LogP contribution in [0.4, 0.5) is 5.69 Å². The van der Waals surface area contributed by atoms with E-state index in [0.29, 0.717) is 23.7 Å². The number of carbonyl (C=O) groups is 1. The standard InChI is InChI=1S/C19H16Cl2N2O3/c1-3-26-16-8-7-12(10-17(16)25-2)9-13(11-22)19(24)23-18-14(20)5-4-6-15(18)21/h4-10H,3H2,1-2H3,(H,23,24)/b13-9+. The van der Waals surface area contributed by atoms with Crippen LogP contribution in [-0.4, -0.2) is 19.6 Å². The van der Waals surface area contributed by atoms with Gasteiger partial charge in [-0.3, -0.25) is 4.79 Å². The van der Waals surface area contributed by atoms with Gasteiger partial charge in [-0.1, -0.05) is 35.3 Å². The number of para-hydroxylation sites is 1. The lowest BCUT2D eigenvalue weighted by Gasteiger charge is -2.10. The first kappa shape index (κ1) is 19.6. The van der Waals surface area contributed by atoms with Gasteiger partial charge in [0.05, 0.1) is 29.4 Å². The van der Waals surface area contributed by atoms with Crippen LogP contribution < -0.4 is 14.8 Å². The van der Waals surface area contributed by atoms with Gasteiger partial charge in [-0.25, -0.2) is 0 Å². The lowest BCUT2D eigenvalue weighted by Crippen LogP contribution is -2.14. The molecule has 0 saturated carbocycles. The van der Waals surface area contributed by atoms with Gasteiger partial charge in [0.25, 0.3) is 5.91 Å². The van der Waals surface area contributed by atoms with Crippen molar-refractivity contribution >= 4 is 40.9 Å². The molecule has 1 amide bonds. The van der Waals surface area contributed by atoms with Gasteiger partial charge in [0, 0.05) is 0 Å². The maximum absolute atomic E-state index is 12.4. The third kappa shape index (κ3) is 4.69. The van der Waals surface area contributed by atoms with Crippen LogP contribution in [0.2, 0.25) is 10.0 Å². The van der Waals surface area contributed by atoms with E-state index >= 15 is 0 Å². The Morgan fingerprint density at radius 2 is 1.92 bits per heavy atom. The molecule has 0 saturated heterocycles. The van der Waals surface area contributed by atoms with Crippen molar-refractivity contribution in [1.29, 1.82) is 5.26 Å². The summed E-state index contributed by atoms with van der Waals surface area (Å²) in [6.07, 6.45) is 1.44. The van der Waals surface area contributed by atoms with E-state index < -0.39 is 5.91 Å². The van der Waals surface area contributed by atoms with Crippen molar-refractivity contribution in [2.24, 2.45) is 0 Å². The minimum atomic E-state index is -0.615. The number of anilines is 1. The zero-order valence-electron chi connectivity index (χ0n) is 14.2. The van der Waals surface area contributed by atoms with Crippen LogP contribution in [0.3, 0.4) is 0 Å². The molecule has 5 nitrogen and oxygen atoms in total. The number of benzene rings is 2. The highest BCUT2D eigenvalue weighted by molar-refractivity contribution is 6.40. The van der Waals surface area contributed by atoms with Crippen molar-refractivity contribution in [2.45, 2.75) is 6.92 Å². The molecule has 0 spiro atoms. The number of hydrogen-bond donors (Lipinski definition) is 1. The van der Waals surface area contributed by atoms with E-state index in [1.54, 1.807) is 36.4 Å². The first-order valence-corrected chi connectivity index (χ1v) is 8.43. The fraction of sp³-hybridized carbons (Fsp3) is 0.158. The zero-order chi connectivity index (χ0) is 19.1. The highest BCUT2D eigenvalue weighted by Gasteiger charge is 2.14. The second-order valence-corrected chi connectivity index (χ2v) is 5.88. The summed E-state index contributed by atoms with van der Waals surface area (Å²) in [5.74, 6) is 0.473. The Labute approximate surface area is 161 Å². The summed E-state index contributed by atoms with van der Waals surface area (Å²) in [6.45, 7) is 2.36. The minimum absolute atomic E-state index is 0.104. The maximum Gasteiger partial charge on any atom is 0.266 e. The number of rotatable bonds is 6. The van der Waals surface area contributed by atoms with Crippen LogP contribution in [0, 0.1) is 11.3 Å². The molecule has 2 aromatic carbocycles. The van der Waals surface area contributed by atoms with Crippen LogP contribution in [0.5, 0.6) is 11.5 Å². The predicted octanol–water partition coefficient (Wildman–Crippen LogP) is 4.95. The van der Waals surface area contributed by atoms with Gasteiger partial charge in [-0.15, -0.1) is 0 Å².